The summed E-state index contributed by atoms with van der Waals surface area (Å²) in [5, 5.41) is 2.89. The fraction of sp³-hybridized carbons (Fsp3) is 0.125. The second kappa shape index (κ2) is 4.63. The SMILES string of the molecule is O=C(Nc1ccc2nc[nH]c2c1)C1Cc2ccccc2O1. The highest BCUT2D eigenvalue weighted by Gasteiger charge is 2.28. The third-order valence-corrected chi connectivity index (χ3v) is 3.63. The van der Waals surface area contributed by atoms with Crippen LogP contribution in [-0.2, 0) is 11.2 Å². The van der Waals surface area contributed by atoms with Crippen molar-refractivity contribution in [1.29, 1.82) is 0 Å². The van der Waals surface area contributed by atoms with Gasteiger partial charge in [0.2, 0.25) is 0 Å². The minimum atomic E-state index is -0.472. The fourth-order valence-corrected chi connectivity index (χ4v) is 2.56. The molecule has 1 aliphatic heterocycles. The molecule has 0 bridgehead atoms. The molecule has 21 heavy (non-hydrogen) atoms. The molecule has 1 amide bonds. The van der Waals surface area contributed by atoms with Gasteiger partial charge in [-0.25, -0.2) is 4.98 Å². The van der Waals surface area contributed by atoms with Gasteiger partial charge in [0.15, 0.2) is 6.10 Å². The zero-order valence-corrected chi connectivity index (χ0v) is 11.2. The Hall–Kier alpha value is -2.82. The van der Waals surface area contributed by atoms with Crippen molar-refractivity contribution in [3.8, 4) is 5.75 Å². The molecule has 0 saturated carbocycles. The van der Waals surface area contributed by atoms with Gasteiger partial charge in [-0.05, 0) is 29.8 Å². The minimum absolute atomic E-state index is 0.134. The van der Waals surface area contributed by atoms with E-state index in [1.165, 1.54) is 0 Å². The number of hydrogen-bond acceptors (Lipinski definition) is 3. The van der Waals surface area contributed by atoms with E-state index in [4.69, 9.17) is 4.74 Å². The number of ether oxygens (including phenoxy) is 1. The van der Waals surface area contributed by atoms with Crippen LogP contribution in [0.5, 0.6) is 5.75 Å². The number of rotatable bonds is 2. The van der Waals surface area contributed by atoms with Crippen molar-refractivity contribution in [2.24, 2.45) is 0 Å². The Morgan fingerprint density at radius 3 is 3.10 bits per heavy atom. The minimum Gasteiger partial charge on any atom is -0.480 e. The van der Waals surface area contributed by atoms with Crippen molar-refractivity contribution < 1.29 is 9.53 Å². The molecule has 0 radical (unpaired) electrons. The number of anilines is 1. The summed E-state index contributed by atoms with van der Waals surface area (Å²) in [6.07, 6.45) is 1.77. The highest BCUT2D eigenvalue weighted by atomic mass is 16.5. The lowest BCUT2D eigenvalue weighted by Gasteiger charge is -2.11. The molecular formula is C16H13N3O2. The Balaban J connectivity index is 1.51. The zero-order chi connectivity index (χ0) is 14.2. The van der Waals surface area contributed by atoms with Gasteiger partial charge in [0.25, 0.3) is 5.91 Å². The van der Waals surface area contributed by atoms with Crippen LogP contribution in [0.1, 0.15) is 5.56 Å². The van der Waals surface area contributed by atoms with Gasteiger partial charge in [0.05, 0.1) is 17.4 Å². The Kier molecular flexibility index (Phi) is 2.64. The van der Waals surface area contributed by atoms with Crippen LogP contribution in [0.15, 0.2) is 48.8 Å². The summed E-state index contributed by atoms with van der Waals surface area (Å²) < 4.78 is 5.68. The summed E-state index contributed by atoms with van der Waals surface area (Å²) in [5.41, 5.74) is 3.57. The first-order valence-corrected chi connectivity index (χ1v) is 6.78. The molecule has 2 heterocycles. The fourth-order valence-electron chi connectivity index (χ4n) is 2.56. The number of aromatic nitrogens is 2. The van der Waals surface area contributed by atoms with Crippen molar-refractivity contribution in [3.63, 3.8) is 0 Å². The third kappa shape index (κ3) is 2.12. The number of amides is 1. The molecule has 0 fully saturated rings. The number of fused-ring (bicyclic) bond motifs is 2. The molecule has 0 spiro atoms. The van der Waals surface area contributed by atoms with Crippen LogP contribution in [0.4, 0.5) is 5.69 Å². The molecular weight excluding hydrogens is 266 g/mol. The Labute approximate surface area is 121 Å². The number of H-pyrrole nitrogens is 1. The number of para-hydroxylation sites is 1. The maximum Gasteiger partial charge on any atom is 0.265 e. The normalized spacial score (nSPS) is 16.5. The van der Waals surface area contributed by atoms with Crippen molar-refractivity contribution in [1.82, 2.24) is 9.97 Å². The van der Waals surface area contributed by atoms with Crippen LogP contribution in [-0.4, -0.2) is 22.0 Å². The molecule has 1 atom stereocenters. The lowest BCUT2D eigenvalue weighted by Crippen LogP contribution is -2.31. The van der Waals surface area contributed by atoms with Gasteiger partial charge in [-0.2, -0.15) is 0 Å². The van der Waals surface area contributed by atoms with E-state index >= 15 is 0 Å². The second-order valence-electron chi connectivity index (χ2n) is 5.04. The first-order valence-electron chi connectivity index (χ1n) is 6.78. The average molecular weight is 279 g/mol. The van der Waals surface area contributed by atoms with Gasteiger partial charge in [-0.15, -0.1) is 0 Å². The molecule has 0 aliphatic carbocycles. The number of benzene rings is 2. The summed E-state index contributed by atoms with van der Waals surface area (Å²) in [6.45, 7) is 0. The van der Waals surface area contributed by atoms with Crippen molar-refractivity contribution in [2.75, 3.05) is 5.32 Å². The first kappa shape index (κ1) is 12.0. The maximum absolute atomic E-state index is 12.3. The molecule has 1 aromatic heterocycles. The van der Waals surface area contributed by atoms with Crippen LogP contribution >= 0.6 is 0 Å². The van der Waals surface area contributed by atoms with Crippen molar-refractivity contribution >= 4 is 22.6 Å². The first-order chi connectivity index (χ1) is 10.3. The summed E-state index contributed by atoms with van der Waals surface area (Å²) in [6, 6.07) is 13.3. The molecule has 1 unspecified atom stereocenters. The molecule has 5 nitrogen and oxygen atoms in total. The maximum atomic E-state index is 12.3. The standard InChI is InChI=1S/C16H13N3O2/c20-16(15-7-10-3-1-2-4-14(10)21-15)19-11-5-6-12-13(8-11)18-9-17-12/h1-6,8-9,15H,7H2,(H,17,18)(H,19,20). The second-order valence-corrected chi connectivity index (χ2v) is 5.04. The van der Waals surface area contributed by atoms with Crippen LogP contribution < -0.4 is 10.1 Å². The molecule has 3 aromatic rings. The zero-order valence-electron chi connectivity index (χ0n) is 11.2. The highest BCUT2D eigenvalue weighted by Crippen LogP contribution is 2.28. The Bertz CT molecular complexity index is 800. The van der Waals surface area contributed by atoms with Gasteiger partial charge in [-0.1, -0.05) is 18.2 Å². The lowest BCUT2D eigenvalue weighted by molar-refractivity contribution is -0.122. The van der Waals surface area contributed by atoms with E-state index in [1.54, 1.807) is 6.33 Å². The van der Waals surface area contributed by atoms with Gasteiger partial charge in [0, 0.05) is 12.1 Å². The van der Waals surface area contributed by atoms with Gasteiger partial charge in [0.1, 0.15) is 5.75 Å². The predicted octanol–water partition coefficient (Wildman–Crippen LogP) is 2.51. The average Bonchev–Trinajstić information content (AvgIpc) is 3.13. The molecule has 4 rings (SSSR count). The van der Waals surface area contributed by atoms with Crippen molar-refractivity contribution in [2.45, 2.75) is 12.5 Å². The van der Waals surface area contributed by atoms with E-state index in [9.17, 15) is 4.79 Å². The largest absolute Gasteiger partial charge is 0.480 e. The Morgan fingerprint density at radius 1 is 1.29 bits per heavy atom. The number of carbonyl (C=O) groups is 1. The topological polar surface area (TPSA) is 67.0 Å². The summed E-state index contributed by atoms with van der Waals surface area (Å²) >= 11 is 0. The van der Waals surface area contributed by atoms with Gasteiger partial charge >= 0.3 is 0 Å². The smallest absolute Gasteiger partial charge is 0.265 e. The molecule has 2 aromatic carbocycles. The van der Waals surface area contributed by atoms with E-state index in [0.717, 1.165) is 28.0 Å². The summed E-state index contributed by atoms with van der Waals surface area (Å²) in [7, 11) is 0. The number of aromatic amines is 1. The lowest BCUT2D eigenvalue weighted by atomic mass is 10.1. The number of hydrogen-bond donors (Lipinski definition) is 2. The quantitative estimate of drug-likeness (QED) is 0.757. The van der Waals surface area contributed by atoms with E-state index in [1.807, 2.05) is 42.5 Å². The third-order valence-electron chi connectivity index (χ3n) is 3.63. The number of nitrogens with zero attached hydrogens (tertiary/aromatic N) is 1. The van der Waals surface area contributed by atoms with Crippen molar-refractivity contribution in [3.05, 3.63) is 54.4 Å². The monoisotopic (exact) mass is 279 g/mol. The van der Waals surface area contributed by atoms with E-state index in [2.05, 4.69) is 15.3 Å². The number of imidazole rings is 1. The predicted molar refractivity (Wildman–Crippen MR) is 79.3 cm³/mol. The van der Waals surface area contributed by atoms with Crippen LogP contribution in [0.2, 0.25) is 0 Å². The summed E-state index contributed by atoms with van der Waals surface area (Å²) in [4.78, 5) is 19.5. The Morgan fingerprint density at radius 2 is 2.19 bits per heavy atom. The molecule has 2 N–H and O–H groups in total. The summed E-state index contributed by atoms with van der Waals surface area (Å²) in [5.74, 6) is 0.659. The van der Waals surface area contributed by atoms with Crippen LogP contribution in [0, 0.1) is 0 Å². The van der Waals surface area contributed by atoms with Crippen LogP contribution in [0.25, 0.3) is 11.0 Å². The van der Waals surface area contributed by atoms with Crippen LogP contribution in [0.3, 0.4) is 0 Å². The number of nitrogens with one attached hydrogen (secondary N) is 2. The van der Waals surface area contributed by atoms with Gasteiger partial charge in [-0.3, -0.25) is 4.79 Å². The highest BCUT2D eigenvalue weighted by molar-refractivity contribution is 5.96. The molecule has 1 aliphatic rings. The molecule has 5 heteroatoms. The van der Waals surface area contributed by atoms with E-state index in [-0.39, 0.29) is 5.91 Å². The molecule has 0 saturated heterocycles. The molecule has 104 valence electrons. The van der Waals surface area contributed by atoms with E-state index < -0.39 is 6.10 Å². The number of carbonyl (C=O) groups excluding carboxylic acids is 1. The van der Waals surface area contributed by atoms with E-state index in [0.29, 0.717) is 6.42 Å². The van der Waals surface area contributed by atoms with Gasteiger partial charge < -0.3 is 15.0 Å².